The van der Waals surface area contributed by atoms with Crippen LogP contribution in [-0.4, -0.2) is 35.2 Å². The summed E-state index contributed by atoms with van der Waals surface area (Å²) >= 11 is 0. The summed E-state index contributed by atoms with van der Waals surface area (Å²) in [6.45, 7) is 4.66. The fourth-order valence-corrected chi connectivity index (χ4v) is 1.88. The second-order valence-corrected chi connectivity index (χ2v) is 4.32. The molecule has 1 rings (SSSR count). The summed E-state index contributed by atoms with van der Waals surface area (Å²) in [6.07, 6.45) is 4.49. The van der Waals surface area contributed by atoms with Gasteiger partial charge in [0.25, 0.3) is 0 Å². The molecule has 0 aliphatic carbocycles. The van der Waals surface area contributed by atoms with Gasteiger partial charge in [-0.2, -0.15) is 0 Å². The highest BCUT2D eigenvalue weighted by atomic mass is 16.7. The number of ether oxygens (including phenoxy) is 2. The van der Waals surface area contributed by atoms with Crippen LogP contribution in [0.4, 0.5) is 0 Å². The van der Waals surface area contributed by atoms with E-state index in [0.717, 1.165) is 13.0 Å². The van der Waals surface area contributed by atoms with Crippen LogP contribution in [-0.2, 0) is 21.6 Å². The Bertz CT molecular complexity index is 332. The molecule has 0 saturated heterocycles. The molecule has 1 atom stereocenters. The molecule has 0 aliphatic rings. The summed E-state index contributed by atoms with van der Waals surface area (Å²) in [4.78, 5) is 4.23. The third-order valence-electron chi connectivity index (χ3n) is 2.75. The predicted molar refractivity (Wildman–Crippen MR) is 64.5 cm³/mol. The number of hydrogen-bond acceptors (Lipinski definition) is 4. The monoisotopic (exact) mass is 242 g/mol. The fraction of sp³-hybridized carbons (Fsp3) is 0.750. The normalized spacial score (nSPS) is 15.2. The number of rotatable bonds is 7. The molecule has 1 aromatic heterocycles. The number of aryl methyl sites for hydroxylation is 1. The fourth-order valence-electron chi connectivity index (χ4n) is 1.88. The van der Waals surface area contributed by atoms with Crippen molar-refractivity contribution in [1.82, 2.24) is 9.55 Å². The molecular weight excluding hydrogens is 220 g/mol. The lowest BCUT2D eigenvalue weighted by Gasteiger charge is -2.27. The van der Waals surface area contributed by atoms with E-state index in [1.165, 1.54) is 0 Å². The van der Waals surface area contributed by atoms with Gasteiger partial charge in [0.15, 0.2) is 6.29 Å². The topological polar surface area (TPSA) is 56.5 Å². The minimum absolute atomic E-state index is 0.348. The van der Waals surface area contributed by atoms with Crippen molar-refractivity contribution in [3.05, 3.63) is 18.2 Å². The molecule has 1 N–H and O–H groups in total. The van der Waals surface area contributed by atoms with Crippen molar-refractivity contribution < 1.29 is 14.6 Å². The van der Waals surface area contributed by atoms with Crippen LogP contribution in [0.25, 0.3) is 0 Å². The Morgan fingerprint density at radius 3 is 2.65 bits per heavy atom. The molecular formula is C12H22N2O3. The zero-order valence-corrected chi connectivity index (χ0v) is 11.0. The van der Waals surface area contributed by atoms with E-state index in [4.69, 9.17) is 9.47 Å². The van der Waals surface area contributed by atoms with Crippen LogP contribution in [0.1, 0.15) is 32.5 Å². The van der Waals surface area contributed by atoms with Crippen LogP contribution in [0.15, 0.2) is 12.4 Å². The summed E-state index contributed by atoms with van der Waals surface area (Å²) in [5.74, 6) is 0.651. The van der Waals surface area contributed by atoms with E-state index in [1.54, 1.807) is 27.3 Å². The Balaban J connectivity index is 2.83. The number of nitrogens with zero attached hydrogens (tertiary/aromatic N) is 2. The van der Waals surface area contributed by atoms with Gasteiger partial charge < -0.3 is 19.1 Å². The Kier molecular flexibility index (Phi) is 5.11. The maximum atomic E-state index is 10.5. The maximum absolute atomic E-state index is 10.5. The second-order valence-electron chi connectivity index (χ2n) is 4.32. The molecule has 0 fully saturated rings. The zero-order valence-electron chi connectivity index (χ0n) is 11.0. The first-order chi connectivity index (χ1) is 8.05. The highest BCUT2D eigenvalue weighted by Gasteiger charge is 2.31. The molecule has 0 amide bonds. The number of imidazole rings is 1. The van der Waals surface area contributed by atoms with E-state index in [2.05, 4.69) is 11.9 Å². The SMILES string of the molecule is CCCn1ccnc1C(C)(O)CC(OC)OC. The average Bonchev–Trinajstić information content (AvgIpc) is 2.75. The molecule has 1 aromatic rings. The van der Waals surface area contributed by atoms with E-state index in [9.17, 15) is 5.11 Å². The number of aliphatic hydroxyl groups is 1. The third-order valence-corrected chi connectivity index (χ3v) is 2.75. The molecule has 0 bridgehead atoms. The molecule has 1 heterocycles. The Hall–Kier alpha value is -0.910. The maximum Gasteiger partial charge on any atom is 0.160 e. The van der Waals surface area contributed by atoms with Gasteiger partial charge in [0.2, 0.25) is 0 Å². The molecule has 5 nitrogen and oxygen atoms in total. The van der Waals surface area contributed by atoms with E-state index in [0.29, 0.717) is 12.2 Å². The molecule has 17 heavy (non-hydrogen) atoms. The smallest absolute Gasteiger partial charge is 0.160 e. The summed E-state index contributed by atoms with van der Waals surface area (Å²) < 4.78 is 12.2. The standard InChI is InChI=1S/C12H22N2O3/c1-5-7-14-8-6-13-11(14)12(2,15)9-10(16-3)17-4/h6,8,10,15H,5,7,9H2,1-4H3. The third kappa shape index (κ3) is 3.52. The lowest BCUT2D eigenvalue weighted by Crippen LogP contribution is -2.32. The van der Waals surface area contributed by atoms with E-state index < -0.39 is 11.9 Å². The first-order valence-corrected chi connectivity index (χ1v) is 5.84. The minimum Gasteiger partial charge on any atom is -0.382 e. The van der Waals surface area contributed by atoms with Crippen LogP contribution in [0.2, 0.25) is 0 Å². The molecule has 0 spiro atoms. The van der Waals surface area contributed by atoms with Gasteiger partial charge in [0.1, 0.15) is 11.4 Å². The van der Waals surface area contributed by atoms with Crippen molar-refractivity contribution >= 4 is 0 Å². The summed E-state index contributed by atoms with van der Waals surface area (Å²) in [7, 11) is 3.12. The number of hydrogen-bond donors (Lipinski definition) is 1. The van der Waals surface area contributed by atoms with Crippen molar-refractivity contribution in [2.24, 2.45) is 0 Å². The summed E-state index contributed by atoms with van der Waals surface area (Å²) in [6, 6.07) is 0. The molecule has 1 unspecified atom stereocenters. The van der Waals surface area contributed by atoms with Gasteiger partial charge in [-0.3, -0.25) is 0 Å². The number of methoxy groups -OCH3 is 2. The summed E-state index contributed by atoms with van der Waals surface area (Å²) in [5, 5.41) is 10.5. The Morgan fingerprint density at radius 2 is 2.12 bits per heavy atom. The molecule has 0 radical (unpaired) electrons. The van der Waals surface area contributed by atoms with Crippen LogP contribution in [0.5, 0.6) is 0 Å². The first-order valence-electron chi connectivity index (χ1n) is 5.84. The first kappa shape index (κ1) is 14.2. The van der Waals surface area contributed by atoms with Gasteiger partial charge in [-0.05, 0) is 13.3 Å². The van der Waals surface area contributed by atoms with Gasteiger partial charge >= 0.3 is 0 Å². The van der Waals surface area contributed by atoms with Crippen molar-refractivity contribution in [2.75, 3.05) is 14.2 Å². The lowest BCUT2D eigenvalue weighted by atomic mass is 10.0. The average molecular weight is 242 g/mol. The van der Waals surface area contributed by atoms with Gasteiger partial charge in [-0.25, -0.2) is 4.98 Å². The quantitative estimate of drug-likeness (QED) is 0.736. The lowest BCUT2D eigenvalue weighted by molar-refractivity contribution is -0.144. The molecule has 0 aromatic carbocycles. The highest BCUT2D eigenvalue weighted by Crippen LogP contribution is 2.25. The van der Waals surface area contributed by atoms with Crippen molar-refractivity contribution in [3.63, 3.8) is 0 Å². The molecule has 0 aliphatic heterocycles. The van der Waals surface area contributed by atoms with Crippen LogP contribution < -0.4 is 0 Å². The van der Waals surface area contributed by atoms with Gasteiger partial charge in [-0.15, -0.1) is 0 Å². The second kappa shape index (κ2) is 6.14. The summed E-state index contributed by atoms with van der Waals surface area (Å²) in [5.41, 5.74) is -1.06. The molecule has 0 saturated carbocycles. The van der Waals surface area contributed by atoms with Crippen LogP contribution in [0, 0.1) is 0 Å². The van der Waals surface area contributed by atoms with Crippen molar-refractivity contribution in [2.45, 2.75) is 45.1 Å². The Labute approximate surface area is 102 Å². The Morgan fingerprint density at radius 1 is 1.47 bits per heavy atom. The molecule has 98 valence electrons. The van der Waals surface area contributed by atoms with Gasteiger partial charge in [-0.1, -0.05) is 6.92 Å². The number of aromatic nitrogens is 2. The zero-order chi connectivity index (χ0) is 12.9. The predicted octanol–water partition coefficient (Wildman–Crippen LogP) is 1.51. The largest absolute Gasteiger partial charge is 0.382 e. The minimum atomic E-state index is -1.06. The van der Waals surface area contributed by atoms with Gasteiger partial charge in [0.05, 0.1) is 0 Å². The van der Waals surface area contributed by atoms with E-state index in [-0.39, 0.29) is 0 Å². The van der Waals surface area contributed by atoms with Crippen molar-refractivity contribution in [3.8, 4) is 0 Å². The van der Waals surface area contributed by atoms with E-state index >= 15 is 0 Å². The van der Waals surface area contributed by atoms with E-state index in [1.807, 2.05) is 10.8 Å². The van der Waals surface area contributed by atoms with Crippen molar-refractivity contribution in [1.29, 1.82) is 0 Å². The van der Waals surface area contributed by atoms with Crippen LogP contribution >= 0.6 is 0 Å². The highest BCUT2D eigenvalue weighted by molar-refractivity contribution is 5.03. The van der Waals surface area contributed by atoms with Crippen LogP contribution in [0.3, 0.4) is 0 Å². The van der Waals surface area contributed by atoms with Gasteiger partial charge in [0, 0.05) is 39.6 Å². The molecule has 5 heteroatoms.